The first-order chi connectivity index (χ1) is 11.2. The van der Waals surface area contributed by atoms with E-state index in [1.165, 1.54) is 17.7 Å². The lowest BCUT2D eigenvalue weighted by atomic mass is 10.1. The highest BCUT2D eigenvalue weighted by molar-refractivity contribution is 5.68. The van der Waals surface area contributed by atoms with E-state index in [9.17, 15) is 4.39 Å². The topological polar surface area (TPSA) is 29.0 Å². The molecule has 0 fully saturated rings. The van der Waals surface area contributed by atoms with Crippen molar-refractivity contribution in [2.45, 2.75) is 19.4 Å². The Labute approximate surface area is 134 Å². The molecule has 0 aliphatic carbocycles. The molecule has 0 saturated heterocycles. The molecule has 0 bridgehead atoms. The van der Waals surface area contributed by atoms with Crippen molar-refractivity contribution in [1.82, 2.24) is 9.97 Å². The zero-order chi connectivity index (χ0) is 15.8. The lowest BCUT2D eigenvalue weighted by molar-refractivity contribution is 0.628. The molecule has 1 atom stereocenters. The Morgan fingerprint density at radius 1 is 1.04 bits per heavy atom. The summed E-state index contributed by atoms with van der Waals surface area (Å²) in [6.45, 7) is 2.17. The van der Waals surface area contributed by atoms with Crippen LogP contribution in [0.4, 0.5) is 16.0 Å². The minimum atomic E-state index is -0.245. The highest BCUT2D eigenvalue weighted by atomic mass is 19.1. The lowest BCUT2D eigenvalue weighted by Gasteiger charge is -2.22. The fourth-order valence-electron chi connectivity index (χ4n) is 3.12. The van der Waals surface area contributed by atoms with E-state index < -0.39 is 0 Å². The average molecular weight is 305 g/mol. The first kappa shape index (κ1) is 13.9. The van der Waals surface area contributed by atoms with Crippen LogP contribution in [0.15, 0.2) is 60.8 Å². The highest BCUT2D eigenvalue weighted by Crippen LogP contribution is 2.36. The summed E-state index contributed by atoms with van der Waals surface area (Å²) in [5.74, 6) is 0.439. The predicted octanol–water partition coefficient (Wildman–Crippen LogP) is 4.37. The monoisotopic (exact) mass is 305 g/mol. The number of nitrogens with zero attached hydrogens (tertiary/aromatic N) is 3. The summed E-state index contributed by atoms with van der Waals surface area (Å²) < 4.78 is 13.1. The zero-order valence-electron chi connectivity index (χ0n) is 12.8. The minimum absolute atomic E-state index is 0.245. The van der Waals surface area contributed by atoms with Crippen LogP contribution >= 0.6 is 0 Å². The number of benzene rings is 2. The molecule has 114 valence electrons. The number of fused-ring (bicyclic) bond motifs is 1. The van der Waals surface area contributed by atoms with E-state index in [1.807, 2.05) is 12.1 Å². The molecule has 3 aromatic rings. The highest BCUT2D eigenvalue weighted by Gasteiger charge is 2.28. The van der Waals surface area contributed by atoms with Crippen LogP contribution in [0, 0.1) is 5.82 Å². The van der Waals surface area contributed by atoms with Gasteiger partial charge in [0.25, 0.3) is 0 Å². The van der Waals surface area contributed by atoms with Crippen molar-refractivity contribution < 1.29 is 4.39 Å². The molecule has 23 heavy (non-hydrogen) atoms. The van der Waals surface area contributed by atoms with Crippen molar-refractivity contribution in [3.8, 4) is 11.3 Å². The van der Waals surface area contributed by atoms with Crippen LogP contribution in [0.5, 0.6) is 0 Å². The van der Waals surface area contributed by atoms with Gasteiger partial charge in [-0.15, -0.1) is 0 Å². The van der Waals surface area contributed by atoms with E-state index in [1.54, 1.807) is 18.3 Å². The van der Waals surface area contributed by atoms with Crippen molar-refractivity contribution in [3.63, 3.8) is 0 Å². The molecule has 0 spiro atoms. The summed E-state index contributed by atoms with van der Waals surface area (Å²) >= 11 is 0. The molecule has 4 rings (SSSR count). The smallest absolute Gasteiger partial charge is 0.230 e. The largest absolute Gasteiger partial charge is 0.307 e. The number of aromatic nitrogens is 2. The maximum atomic E-state index is 13.1. The Hall–Kier alpha value is -2.75. The van der Waals surface area contributed by atoms with E-state index in [-0.39, 0.29) is 5.82 Å². The van der Waals surface area contributed by atoms with Crippen LogP contribution in [-0.4, -0.2) is 16.0 Å². The molecule has 1 unspecified atom stereocenters. The second-order valence-electron chi connectivity index (χ2n) is 5.80. The molecular formula is C19H16FN3. The molecule has 0 amide bonds. The molecule has 1 aliphatic heterocycles. The second-order valence-corrected chi connectivity index (χ2v) is 5.80. The van der Waals surface area contributed by atoms with Gasteiger partial charge in [-0.3, -0.25) is 0 Å². The Morgan fingerprint density at radius 3 is 2.65 bits per heavy atom. The summed E-state index contributed by atoms with van der Waals surface area (Å²) in [6, 6.07) is 16.9. The molecule has 4 heteroatoms. The zero-order valence-corrected chi connectivity index (χ0v) is 12.8. The molecule has 1 aromatic heterocycles. The number of halogens is 1. The van der Waals surface area contributed by atoms with Gasteiger partial charge in [-0.05, 0) is 55.3 Å². The third-order valence-electron chi connectivity index (χ3n) is 4.21. The van der Waals surface area contributed by atoms with Crippen molar-refractivity contribution >= 4 is 11.6 Å². The van der Waals surface area contributed by atoms with Crippen molar-refractivity contribution in [2.24, 2.45) is 0 Å². The fourth-order valence-corrected chi connectivity index (χ4v) is 3.12. The molecule has 3 nitrogen and oxygen atoms in total. The Bertz CT molecular complexity index is 845. The molecule has 0 N–H and O–H groups in total. The van der Waals surface area contributed by atoms with E-state index in [0.29, 0.717) is 12.0 Å². The standard InChI is InChI=1S/C19H16FN3/c1-13-12-15-4-2-3-5-18(15)23(13)19-21-11-10-17(22-19)14-6-8-16(20)9-7-14/h2-11,13H,12H2,1H3. The summed E-state index contributed by atoms with van der Waals surface area (Å²) in [5, 5.41) is 0. The summed E-state index contributed by atoms with van der Waals surface area (Å²) in [6.07, 6.45) is 2.75. The first-order valence-electron chi connectivity index (χ1n) is 7.68. The van der Waals surface area contributed by atoms with E-state index in [4.69, 9.17) is 4.98 Å². The van der Waals surface area contributed by atoms with Crippen LogP contribution in [0.2, 0.25) is 0 Å². The van der Waals surface area contributed by atoms with Gasteiger partial charge in [0.2, 0.25) is 5.95 Å². The van der Waals surface area contributed by atoms with E-state index >= 15 is 0 Å². The summed E-state index contributed by atoms with van der Waals surface area (Å²) in [4.78, 5) is 11.3. The normalized spacial score (nSPS) is 16.4. The van der Waals surface area contributed by atoms with Gasteiger partial charge in [0.05, 0.1) is 5.69 Å². The van der Waals surface area contributed by atoms with Gasteiger partial charge < -0.3 is 4.90 Å². The van der Waals surface area contributed by atoms with Crippen LogP contribution < -0.4 is 4.90 Å². The SMILES string of the molecule is CC1Cc2ccccc2N1c1nccc(-c2ccc(F)cc2)n1. The fraction of sp³-hybridized carbons (Fsp3) is 0.158. The third kappa shape index (κ3) is 2.46. The molecule has 2 aromatic carbocycles. The third-order valence-corrected chi connectivity index (χ3v) is 4.21. The summed E-state index contributed by atoms with van der Waals surface area (Å²) in [7, 11) is 0. The second kappa shape index (κ2) is 5.47. The number of hydrogen-bond acceptors (Lipinski definition) is 3. The molecule has 1 aliphatic rings. The maximum Gasteiger partial charge on any atom is 0.230 e. The van der Waals surface area contributed by atoms with Crippen LogP contribution in [0.3, 0.4) is 0 Å². The maximum absolute atomic E-state index is 13.1. The van der Waals surface area contributed by atoms with Gasteiger partial charge >= 0.3 is 0 Å². The predicted molar refractivity (Wildman–Crippen MR) is 89.2 cm³/mol. The summed E-state index contributed by atoms with van der Waals surface area (Å²) in [5.41, 5.74) is 4.16. The van der Waals surface area contributed by atoms with Crippen LogP contribution in [0.1, 0.15) is 12.5 Å². The van der Waals surface area contributed by atoms with Crippen molar-refractivity contribution in [3.05, 3.63) is 72.2 Å². The van der Waals surface area contributed by atoms with Gasteiger partial charge in [-0.25, -0.2) is 14.4 Å². The Kier molecular flexibility index (Phi) is 3.30. The van der Waals surface area contributed by atoms with Crippen molar-refractivity contribution in [2.75, 3.05) is 4.90 Å². The van der Waals surface area contributed by atoms with Gasteiger partial charge in [0, 0.05) is 23.5 Å². The number of hydrogen-bond donors (Lipinski definition) is 0. The first-order valence-corrected chi connectivity index (χ1v) is 7.68. The minimum Gasteiger partial charge on any atom is -0.307 e. The lowest BCUT2D eigenvalue weighted by Crippen LogP contribution is -2.25. The molecule has 0 radical (unpaired) electrons. The molecule has 2 heterocycles. The van der Waals surface area contributed by atoms with Crippen LogP contribution in [0.25, 0.3) is 11.3 Å². The van der Waals surface area contributed by atoms with Gasteiger partial charge in [0.15, 0.2) is 0 Å². The van der Waals surface area contributed by atoms with Gasteiger partial charge in [-0.2, -0.15) is 0 Å². The number of rotatable bonds is 2. The van der Waals surface area contributed by atoms with E-state index in [0.717, 1.165) is 23.4 Å². The molecule has 0 saturated carbocycles. The Balaban J connectivity index is 1.76. The average Bonchev–Trinajstić information content (AvgIpc) is 2.91. The van der Waals surface area contributed by atoms with Gasteiger partial charge in [-0.1, -0.05) is 18.2 Å². The van der Waals surface area contributed by atoms with Crippen LogP contribution in [-0.2, 0) is 6.42 Å². The van der Waals surface area contributed by atoms with Crippen molar-refractivity contribution in [1.29, 1.82) is 0 Å². The molecular weight excluding hydrogens is 289 g/mol. The number of para-hydroxylation sites is 1. The quantitative estimate of drug-likeness (QED) is 0.704. The van der Waals surface area contributed by atoms with Gasteiger partial charge in [0.1, 0.15) is 5.82 Å². The Morgan fingerprint density at radius 2 is 1.83 bits per heavy atom. The van der Waals surface area contributed by atoms with E-state index in [2.05, 4.69) is 35.0 Å². The number of anilines is 2.